The minimum absolute atomic E-state index is 0.117. The molecule has 0 unspecified atom stereocenters. The van der Waals surface area contributed by atoms with Crippen molar-refractivity contribution in [2.75, 3.05) is 0 Å². The second-order valence-electron chi connectivity index (χ2n) is 6.97. The predicted molar refractivity (Wildman–Crippen MR) is 95.8 cm³/mol. The molecule has 0 bridgehead atoms. The molecule has 0 radical (unpaired) electrons. The van der Waals surface area contributed by atoms with Gasteiger partial charge in [-0.2, -0.15) is 5.10 Å². The lowest BCUT2D eigenvalue weighted by molar-refractivity contribution is -0.123. The van der Waals surface area contributed by atoms with Crippen molar-refractivity contribution >= 4 is 5.91 Å². The first kappa shape index (κ1) is 16.7. The Kier molecular flexibility index (Phi) is 4.74. The molecule has 1 aromatic carbocycles. The summed E-state index contributed by atoms with van der Waals surface area (Å²) in [5.41, 5.74) is 4.47. The zero-order chi connectivity index (χ0) is 17.2. The van der Waals surface area contributed by atoms with Gasteiger partial charge in [0.25, 0.3) is 0 Å². The van der Waals surface area contributed by atoms with Gasteiger partial charge in [0.2, 0.25) is 5.91 Å². The van der Waals surface area contributed by atoms with Crippen molar-refractivity contribution in [3.05, 3.63) is 52.8 Å². The Morgan fingerprint density at radius 3 is 2.42 bits per heavy atom. The van der Waals surface area contributed by atoms with Gasteiger partial charge in [-0.25, -0.2) is 0 Å². The molecule has 1 aliphatic carbocycles. The van der Waals surface area contributed by atoms with Crippen LogP contribution in [0.1, 0.15) is 54.6 Å². The fourth-order valence-corrected chi connectivity index (χ4v) is 3.76. The molecule has 2 aromatic rings. The Morgan fingerprint density at radius 2 is 1.83 bits per heavy atom. The summed E-state index contributed by atoms with van der Waals surface area (Å²) in [5, 5.41) is 7.87. The maximum Gasteiger partial charge on any atom is 0.222 e. The Balaban J connectivity index is 1.67. The number of aromatic nitrogens is 2. The second kappa shape index (κ2) is 6.80. The van der Waals surface area contributed by atoms with Gasteiger partial charge in [-0.05, 0) is 44.7 Å². The van der Waals surface area contributed by atoms with Crippen LogP contribution < -0.4 is 5.32 Å². The molecule has 24 heavy (non-hydrogen) atoms. The number of carbonyl (C=O) groups excluding carboxylic acids is 1. The van der Waals surface area contributed by atoms with E-state index in [0.717, 1.165) is 24.2 Å². The van der Waals surface area contributed by atoms with Crippen LogP contribution in [-0.2, 0) is 16.9 Å². The fraction of sp³-hybridized carbons (Fsp3) is 0.500. The lowest BCUT2D eigenvalue weighted by atomic mass is 9.88. The van der Waals surface area contributed by atoms with Crippen molar-refractivity contribution in [2.24, 2.45) is 0 Å². The number of nitrogens with zero attached hydrogens (tertiary/aromatic N) is 2. The van der Waals surface area contributed by atoms with E-state index >= 15 is 0 Å². The molecule has 1 amide bonds. The molecule has 0 saturated heterocycles. The number of rotatable bonds is 5. The first-order valence-corrected chi connectivity index (χ1v) is 8.89. The van der Waals surface area contributed by atoms with Crippen LogP contribution in [0, 0.1) is 20.8 Å². The molecule has 1 fully saturated rings. The summed E-state index contributed by atoms with van der Waals surface area (Å²) in [7, 11) is 0. The van der Waals surface area contributed by atoms with E-state index in [-0.39, 0.29) is 11.4 Å². The van der Waals surface area contributed by atoms with E-state index < -0.39 is 0 Å². The van der Waals surface area contributed by atoms with Gasteiger partial charge in [-0.15, -0.1) is 0 Å². The Bertz CT molecular complexity index is 712. The van der Waals surface area contributed by atoms with E-state index in [4.69, 9.17) is 0 Å². The van der Waals surface area contributed by atoms with Crippen molar-refractivity contribution in [3.63, 3.8) is 0 Å². The van der Waals surface area contributed by atoms with Crippen LogP contribution in [0.4, 0.5) is 0 Å². The van der Waals surface area contributed by atoms with E-state index in [1.54, 1.807) is 0 Å². The van der Waals surface area contributed by atoms with E-state index in [9.17, 15) is 4.79 Å². The van der Waals surface area contributed by atoms with Gasteiger partial charge in [-0.1, -0.05) is 43.2 Å². The summed E-state index contributed by atoms with van der Waals surface area (Å²) < 4.78 is 1.95. The third-order valence-electron chi connectivity index (χ3n) is 5.46. The molecule has 0 spiro atoms. The zero-order valence-electron chi connectivity index (χ0n) is 14.9. The Labute approximate surface area is 144 Å². The fourth-order valence-electron chi connectivity index (χ4n) is 3.76. The van der Waals surface area contributed by atoms with Crippen molar-refractivity contribution in [3.8, 4) is 0 Å². The molecule has 1 saturated carbocycles. The lowest BCUT2D eigenvalue weighted by Crippen LogP contribution is -2.44. The van der Waals surface area contributed by atoms with Gasteiger partial charge in [-0.3, -0.25) is 9.48 Å². The predicted octanol–water partition coefficient (Wildman–Crippen LogP) is 3.78. The highest BCUT2D eigenvalue weighted by Crippen LogP contribution is 2.38. The molecule has 0 aliphatic heterocycles. The van der Waals surface area contributed by atoms with Crippen molar-refractivity contribution in [2.45, 2.75) is 65.0 Å². The molecule has 4 nitrogen and oxygen atoms in total. The summed E-state index contributed by atoms with van der Waals surface area (Å²) in [5.74, 6) is 0.117. The molecule has 1 N–H and O–H groups in total. The number of amides is 1. The molecule has 0 atom stereocenters. The van der Waals surface area contributed by atoms with Gasteiger partial charge in [0.15, 0.2) is 0 Å². The monoisotopic (exact) mass is 325 g/mol. The maximum absolute atomic E-state index is 12.6. The van der Waals surface area contributed by atoms with Gasteiger partial charge in [0, 0.05) is 18.7 Å². The summed E-state index contributed by atoms with van der Waals surface area (Å²) in [6, 6.07) is 10.4. The highest BCUT2D eigenvalue weighted by Gasteiger charge is 2.36. The van der Waals surface area contributed by atoms with E-state index in [1.807, 2.05) is 17.7 Å². The van der Waals surface area contributed by atoms with Crippen LogP contribution >= 0.6 is 0 Å². The smallest absolute Gasteiger partial charge is 0.222 e. The Hall–Kier alpha value is -2.10. The lowest BCUT2D eigenvalue weighted by Gasteiger charge is -2.31. The number of benzene rings is 1. The second-order valence-corrected chi connectivity index (χ2v) is 6.97. The number of aryl methyl sites for hydroxylation is 2. The summed E-state index contributed by atoms with van der Waals surface area (Å²) in [6.45, 7) is 6.80. The van der Waals surface area contributed by atoms with Crippen LogP contribution in [0.3, 0.4) is 0 Å². The number of hydrogen-bond acceptors (Lipinski definition) is 2. The number of nitrogens with one attached hydrogen (secondary N) is 1. The molecule has 128 valence electrons. The van der Waals surface area contributed by atoms with Crippen LogP contribution in [0.2, 0.25) is 0 Å². The third kappa shape index (κ3) is 3.23. The molecular weight excluding hydrogens is 298 g/mol. The van der Waals surface area contributed by atoms with Crippen LogP contribution in [0.5, 0.6) is 0 Å². The number of carbonyl (C=O) groups is 1. The summed E-state index contributed by atoms with van der Waals surface area (Å²) in [6.07, 6.45) is 4.87. The maximum atomic E-state index is 12.6. The van der Waals surface area contributed by atoms with Crippen molar-refractivity contribution in [1.82, 2.24) is 15.1 Å². The first-order chi connectivity index (χ1) is 11.5. The molecular formula is C20H27N3O. The Morgan fingerprint density at radius 1 is 1.17 bits per heavy atom. The standard InChI is InChI=1S/C20H27N3O/c1-15-16(2)22-23(17(15)3)14-11-19(24)21-20(12-7-8-13-20)18-9-5-4-6-10-18/h4-6,9-10H,7-8,11-14H2,1-3H3,(H,21,24). The zero-order valence-corrected chi connectivity index (χ0v) is 14.9. The van der Waals surface area contributed by atoms with Crippen LogP contribution in [0.25, 0.3) is 0 Å². The van der Waals surface area contributed by atoms with Gasteiger partial charge < -0.3 is 5.32 Å². The number of hydrogen-bond donors (Lipinski definition) is 1. The van der Waals surface area contributed by atoms with Gasteiger partial charge >= 0.3 is 0 Å². The largest absolute Gasteiger partial charge is 0.347 e. The minimum atomic E-state index is -0.177. The van der Waals surface area contributed by atoms with Gasteiger partial charge in [0.1, 0.15) is 0 Å². The summed E-state index contributed by atoms with van der Waals surface area (Å²) in [4.78, 5) is 12.6. The van der Waals surface area contributed by atoms with E-state index in [1.165, 1.54) is 24.0 Å². The SMILES string of the molecule is Cc1nn(CCC(=O)NC2(c3ccccc3)CCCC2)c(C)c1C. The minimum Gasteiger partial charge on any atom is -0.347 e. The summed E-state index contributed by atoms with van der Waals surface area (Å²) >= 11 is 0. The van der Waals surface area contributed by atoms with Gasteiger partial charge in [0.05, 0.1) is 11.2 Å². The highest BCUT2D eigenvalue weighted by atomic mass is 16.1. The van der Waals surface area contributed by atoms with Crippen molar-refractivity contribution < 1.29 is 4.79 Å². The highest BCUT2D eigenvalue weighted by molar-refractivity contribution is 5.77. The third-order valence-corrected chi connectivity index (χ3v) is 5.46. The molecule has 1 aliphatic rings. The average molecular weight is 325 g/mol. The van der Waals surface area contributed by atoms with E-state index in [2.05, 4.69) is 48.5 Å². The average Bonchev–Trinajstić information content (AvgIpc) is 3.15. The van der Waals surface area contributed by atoms with Crippen LogP contribution in [-0.4, -0.2) is 15.7 Å². The van der Waals surface area contributed by atoms with Crippen molar-refractivity contribution in [1.29, 1.82) is 0 Å². The van der Waals surface area contributed by atoms with E-state index in [0.29, 0.717) is 13.0 Å². The van der Waals surface area contributed by atoms with Crippen LogP contribution in [0.15, 0.2) is 30.3 Å². The molecule has 1 aromatic heterocycles. The quantitative estimate of drug-likeness (QED) is 0.909. The molecule has 4 heteroatoms. The molecule has 1 heterocycles. The normalized spacial score (nSPS) is 16.3. The molecule has 3 rings (SSSR count). The first-order valence-electron chi connectivity index (χ1n) is 8.89. The topological polar surface area (TPSA) is 46.9 Å².